The van der Waals surface area contributed by atoms with E-state index in [9.17, 15) is 14.9 Å². The van der Waals surface area contributed by atoms with Crippen LogP contribution in [0, 0.1) is 10.1 Å². The highest BCUT2D eigenvalue weighted by Gasteiger charge is 2.34. The number of hydrogen-bond donors (Lipinski definition) is 1. The summed E-state index contributed by atoms with van der Waals surface area (Å²) >= 11 is 0. The van der Waals surface area contributed by atoms with Gasteiger partial charge in [-0.3, -0.25) is 4.79 Å². The van der Waals surface area contributed by atoms with Crippen molar-refractivity contribution in [3.63, 3.8) is 0 Å². The van der Waals surface area contributed by atoms with Gasteiger partial charge in [-0.25, -0.2) is 10.1 Å². The molecule has 1 aliphatic rings. The highest BCUT2D eigenvalue weighted by Crippen LogP contribution is 2.39. The minimum atomic E-state index is -0.658. The van der Waals surface area contributed by atoms with Crippen molar-refractivity contribution in [1.29, 1.82) is 0 Å². The molecule has 0 saturated carbocycles. The van der Waals surface area contributed by atoms with E-state index in [1.807, 2.05) is 30.3 Å². The number of aromatic nitrogens is 1. The maximum absolute atomic E-state index is 12.4. The summed E-state index contributed by atoms with van der Waals surface area (Å²) in [7, 11) is 0. The van der Waals surface area contributed by atoms with Gasteiger partial charge in [0.05, 0.1) is 12.1 Å². The van der Waals surface area contributed by atoms with Crippen LogP contribution >= 0.6 is 0 Å². The fraction of sp³-hybridized carbons (Fsp3) is 0.0625. The van der Waals surface area contributed by atoms with Gasteiger partial charge in [0, 0.05) is 16.5 Å². The number of carbonyl (C=O) groups is 1. The summed E-state index contributed by atoms with van der Waals surface area (Å²) in [4.78, 5) is 27.0. The third kappa shape index (κ3) is 1.64. The van der Waals surface area contributed by atoms with Crippen molar-refractivity contribution in [3.8, 4) is 11.3 Å². The van der Waals surface area contributed by atoms with Crippen molar-refractivity contribution in [1.82, 2.24) is 4.98 Å². The number of amides is 1. The number of rotatable bonds is 1. The Morgan fingerprint density at radius 2 is 1.82 bits per heavy atom. The molecular formula is C16H11N3O3. The molecule has 1 aliphatic heterocycles. The second kappa shape index (κ2) is 4.42. The zero-order valence-electron chi connectivity index (χ0n) is 11.4. The molecule has 4 rings (SSSR count). The lowest BCUT2D eigenvalue weighted by molar-refractivity contribution is -0.483. The number of nitrogens with one attached hydrogen (secondary N) is 1. The molecule has 0 atom stereocenters. The Labute approximate surface area is 125 Å². The molecule has 1 amide bonds. The van der Waals surface area contributed by atoms with E-state index in [1.54, 1.807) is 18.2 Å². The highest BCUT2D eigenvalue weighted by atomic mass is 16.7. The van der Waals surface area contributed by atoms with Gasteiger partial charge in [0.25, 0.3) is 5.91 Å². The zero-order valence-corrected chi connectivity index (χ0v) is 11.4. The lowest BCUT2D eigenvalue weighted by atomic mass is 10.0. The number of benzene rings is 2. The summed E-state index contributed by atoms with van der Waals surface area (Å²) in [5.41, 5.74) is 3.45. The molecule has 3 aromatic rings. The van der Waals surface area contributed by atoms with Crippen molar-refractivity contribution in [2.24, 2.45) is 0 Å². The fourth-order valence-electron chi connectivity index (χ4n) is 3.02. The van der Waals surface area contributed by atoms with Gasteiger partial charge in [0.15, 0.2) is 5.03 Å². The van der Waals surface area contributed by atoms with Crippen molar-refractivity contribution in [3.05, 3.63) is 64.2 Å². The van der Waals surface area contributed by atoms with E-state index in [1.165, 1.54) is 0 Å². The minimum Gasteiger partial charge on any atom is -0.354 e. The van der Waals surface area contributed by atoms with Crippen molar-refractivity contribution >= 4 is 22.5 Å². The molecule has 0 saturated heterocycles. The van der Waals surface area contributed by atoms with Crippen molar-refractivity contribution in [2.75, 3.05) is 5.01 Å². The average Bonchev–Trinajstić information content (AvgIpc) is 2.80. The molecule has 2 heterocycles. The van der Waals surface area contributed by atoms with Crippen LogP contribution < -0.4 is 5.01 Å². The Bertz CT molecular complexity index is 929. The normalized spacial score (nSPS) is 13.6. The molecule has 22 heavy (non-hydrogen) atoms. The van der Waals surface area contributed by atoms with E-state index in [0.29, 0.717) is 16.3 Å². The number of carbonyl (C=O) groups excluding carboxylic acids is 1. The van der Waals surface area contributed by atoms with Crippen LogP contribution in [0.2, 0.25) is 0 Å². The number of fused-ring (bicyclic) bond motifs is 5. The summed E-state index contributed by atoms with van der Waals surface area (Å²) < 4.78 is 0. The first kappa shape index (κ1) is 12.6. The first-order valence-electron chi connectivity index (χ1n) is 6.83. The average molecular weight is 293 g/mol. The Morgan fingerprint density at radius 3 is 2.64 bits per heavy atom. The second-order valence-electron chi connectivity index (χ2n) is 5.16. The highest BCUT2D eigenvalue weighted by molar-refractivity contribution is 6.05. The van der Waals surface area contributed by atoms with Gasteiger partial charge in [-0.05, 0) is 22.7 Å². The SMILES string of the molecule is O=C1Cc2c([nH]c3ccccc23)-c2ccccc2N1[N+](=O)[O-]. The predicted molar refractivity (Wildman–Crippen MR) is 81.9 cm³/mol. The molecule has 1 aromatic heterocycles. The third-order valence-corrected chi connectivity index (χ3v) is 3.94. The molecule has 0 bridgehead atoms. The molecule has 2 aromatic carbocycles. The number of aromatic amines is 1. The van der Waals surface area contributed by atoms with Crippen molar-refractivity contribution < 1.29 is 9.83 Å². The molecule has 6 nitrogen and oxygen atoms in total. The lowest BCUT2D eigenvalue weighted by Crippen LogP contribution is -2.36. The van der Waals surface area contributed by atoms with Gasteiger partial charge < -0.3 is 4.98 Å². The number of H-pyrrole nitrogens is 1. The topological polar surface area (TPSA) is 79.2 Å². The van der Waals surface area contributed by atoms with Crippen LogP contribution in [0.1, 0.15) is 5.56 Å². The quantitative estimate of drug-likeness (QED) is 0.553. The number of para-hydroxylation sites is 2. The van der Waals surface area contributed by atoms with E-state index >= 15 is 0 Å². The standard InChI is InChI=1S/C16H11N3O3/c20-15-9-12-10-5-1-3-7-13(10)17-16(12)11-6-2-4-8-14(11)18(15)19(21)22/h1-8,17H,9H2. The van der Waals surface area contributed by atoms with Gasteiger partial charge in [0.1, 0.15) is 5.69 Å². The summed E-state index contributed by atoms with van der Waals surface area (Å²) in [5.74, 6) is -0.541. The molecular weight excluding hydrogens is 282 g/mol. The molecule has 0 unspecified atom stereocenters. The van der Waals surface area contributed by atoms with Crippen LogP contribution in [0.3, 0.4) is 0 Å². The number of nitro groups is 1. The molecule has 0 fully saturated rings. The number of hydrazine groups is 1. The van der Waals surface area contributed by atoms with Crippen molar-refractivity contribution in [2.45, 2.75) is 6.42 Å². The van der Waals surface area contributed by atoms with Crippen LogP contribution in [-0.2, 0) is 11.2 Å². The van der Waals surface area contributed by atoms with E-state index in [0.717, 1.165) is 22.2 Å². The van der Waals surface area contributed by atoms with E-state index in [4.69, 9.17) is 0 Å². The summed E-state index contributed by atoms with van der Waals surface area (Å²) in [6.45, 7) is 0. The first-order chi connectivity index (χ1) is 10.7. The van der Waals surface area contributed by atoms with Crippen LogP contribution in [0.4, 0.5) is 5.69 Å². The molecule has 108 valence electrons. The predicted octanol–water partition coefficient (Wildman–Crippen LogP) is 2.92. The van der Waals surface area contributed by atoms with Crippen LogP contribution in [0.15, 0.2) is 48.5 Å². The zero-order chi connectivity index (χ0) is 15.3. The van der Waals surface area contributed by atoms with Gasteiger partial charge in [-0.15, -0.1) is 0 Å². The summed E-state index contributed by atoms with van der Waals surface area (Å²) in [6.07, 6.45) is -0.00495. The second-order valence-corrected chi connectivity index (χ2v) is 5.16. The fourth-order valence-corrected chi connectivity index (χ4v) is 3.02. The Morgan fingerprint density at radius 1 is 1.09 bits per heavy atom. The summed E-state index contributed by atoms with van der Waals surface area (Å²) in [5, 5.41) is 12.2. The van der Waals surface area contributed by atoms with Gasteiger partial charge in [0.2, 0.25) is 0 Å². The Kier molecular flexibility index (Phi) is 2.53. The van der Waals surface area contributed by atoms with Gasteiger partial charge in [-0.2, -0.15) is 0 Å². The number of nitrogens with zero attached hydrogens (tertiary/aromatic N) is 2. The molecule has 0 spiro atoms. The Balaban J connectivity index is 2.08. The van der Waals surface area contributed by atoms with Gasteiger partial charge in [-0.1, -0.05) is 36.4 Å². The smallest absolute Gasteiger partial charge is 0.294 e. The number of anilines is 1. The largest absolute Gasteiger partial charge is 0.354 e. The van der Waals surface area contributed by atoms with Crippen LogP contribution in [0.5, 0.6) is 0 Å². The monoisotopic (exact) mass is 293 g/mol. The number of hydrogen-bond acceptors (Lipinski definition) is 3. The van der Waals surface area contributed by atoms with Crippen LogP contribution in [0.25, 0.3) is 22.2 Å². The molecule has 6 heteroatoms. The van der Waals surface area contributed by atoms with Gasteiger partial charge >= 0.3 is 0 Å². The molecule has 0 radical (unpaired) electrons. The first-order valence-corrected chi connectivity index (χ1v) is 6.83. The maximum atomic E-state index is 12.4. The lowest BCUT2D eigenvalue weighted by Gasteiger charge is -2.12. The Hall–Kier alpha value is -3.15. The minimum absolute atomic E-state index is 0.00495. The summed E-state index contributed by atoms with van der Waals surface area (Å²) in [6, 6.07) is 14.5. The molecule has 0 aliphatic carbocycles. The van der Waals surface area contributed by atoms with E-state index in [2.05, 4.69) is 4.98 Å². The van der Waals surface area contributed by atoms with Crippen LogP contribution in [-0.4, -0.2) is 15.9 Å². The van der Waals surface area contributed by atoms with E-state index < -0.39 is 10.9 Å². The third-order valence-electron chi connectivity index (χ3n) is 3.94. The van der Waals surface area contributed by atoms with E-state index in [-0.39, 0.29) is 6.42 Å². The molecule has 1 N–H and O–H groups in total. The maximum Gasteiger partial charge on any atom is 0.294 e.